The molecular weight excluding hydrogens is 264 g/mol. The molecule has 0 bridgehead atoms. The lowest BCUT2D eigenvalue weighted by Gasteiger charge is -2.16. The number of halogens is 1. The van der Waals surface area contributed by atoms with Crippen molar-refractivity contribution >= 4 is 35.3 Å². The summed E-state index contributed by atoms with van der Waals surface area (Å²) in [6, 6.07) is 8.93. The van der Waals surface area contributed by atoms with E-state index >= 15 is 0 Å². The van der Waals surface area contributed by atoms with E-state index in [1.54, 1.807) is 0 Å². The van der Waals surface area contributed by atoms with Crippen LogP contribution in [0.3, 0.4) is 0 Å². The second-order valence-corrected chi connectivity index (χ2v) is 10.6. The number of hydrogen-bond acceptors (Lipinski definition) is 0. The molecule has 0 unspecified atom stereocenters. The van der Waals surface area contributed by atoms with Gasteiger partial charge in [0.2, 0.25) is 0 Å². The van der Waals surface area contributed by atoms with Crippen molar-refractivity contribution in [3.8, 4) is 0 Å². The van der Waals surface area contributed by atoms with Crippen molar-refractivity contribution in [3.05, 3.63) is 35.9 Å². The Labute approximate surface area is 103 Å². The highest BCUT2D eigenvalue weighted by molar-refractivity contribution is 9.09. The van der Waals surface area contributed by atoms with Gasteiger partial charge in [-0.15, -0.1) is 0 Å². The zero-order valence-electron chi connectivity index (χ0n) is 9.76. The van der Waals surface area contributed by atoms with Gasteiger partial charge >= 0.3 is 0 Å². The van der Waals surface area contributed by atoms with E-state index in [0.29, 0.717) is 0 Å². The summed E-state index contributed by atoms with van der Waals surface area (Å²) in [7, 11) is -1.16. The van der Waals surface area contributed by atoms with Gasteiger partial charge in [0.25, 0.3) is 0 Å². The molecular formula is C13H19BrSi. The first-order valence-electron chi connectivity index (χ1n) is 5.37. The standard InChI is InChI=1S/C13H19BrSi/c1-15(2,3)13-9-6-8-12(11-13)7-4-5-10-14/h4,6-9,11H,5,10H2,1-3H3. The third-order valence-corrected chi connectivity index (χ3v) is 4.84. The molecule has 0 N–H and O–H groups in total. The summed E-state index contributed by atoms with van der Waals surface area (Å²) in [6.45, 7) is 7.15. The van der Waals surface area contributed by atoms with E-state index in [-0.39, 0.29) is 0 Å². The molecule has 0 aromatic heterocycles. The van der Waals surface area contributed by atoms with Gasteiger partial charge in [0.15, 0.2) is 0 Å². The van der Waals surface area contributed by atoms with Crippen molar-refractivity contribution in [1.82, 2.24) is 0 Å². The van der Waals surface area contributed by atoms with Gasteiger partial charge in [0.05, 0.1) is 8.07 Å². The molecule has 1 aromatic carbocycles. The van der Waals surface area contributed by atoms with Crippen LogP contribution in [0.15, 0.2) is 30.3 Å². The Hall–Kier alpha value is -0.343. The molecule has 1 aromatic rings. The van der Waals surface area contributed by atoms with E-state index in [4.69, 9.17) is 0 Å². The quantitative estimate of drug-likeness (QED) is 0.578. The molecule has 0 aliphatic carbocycles. The maximum absolute atomic E-state index is 3.42. The van der Waals surface area contributed by atoms with Gasteiger partial charge in [0.1, 0.15) is 0 Å². The summed E-state index contributed by atoms with van der Waals surface area (Å²) in [5.41, 5.74) is 1.33. The molecule has 2 heteroatoms. The van der Waals surface area contributed by atoms with Gasteiger partial charge < -0.3 is 0 Å². The van der Waals surface area contributed by atoms with Crippen molar-refractivity contribution in [2.24, 2.45) is 0 Å². The van der Waals surface area contributed by atoms with E-state index in [9.17, 15) is 0 Å². The highest BCUT2D eigenvalue weighted by atomic mass is 79.9. The molecule has 0 atom stereocenters. The molecule has 0 saturated heterocycles. The molecule has 0 aliphatic rings. The third kappa shape index (κ3) is 4.35. The lowest BCUT2D eigenvalue weighted by atomic mass is 10.2. The molecule has 0 radical (unpaired) electrons. The SMILES string of the molecule is C[Si](C)(C)c1cccc(C=CCCBr)c1. The first-order valence-corrected chi connectivity index (χ1v) is 9.99. The summed E-state index contributed by atoms with van der Waals surface area (Å²) in [4.78, 5) is 0. The number of allylic oxidation sites excluding steroid dienone is 1. The van der Waals surface area contributed by atoms with Crippen molar-refractivity contribution < 1.29 is 0 Å². The third-order valence-electron chi connectivity index (χ3n) is 2.34. The van der Waals surface area contributed by atoms with Crippen molar-refractivity contribution in [2.45, 2.75) is 26.1 Å². The summed E-state index contributed by atoms with van der Waals surface area (Å²) < 4.78 is 0. The molecule has 0 aliphatic heterocycles. The lowest BCUT2D eigenvalue weighted by Crippen LogP contribution is -2.37. The van der Waals surface area contributed by atoms with Gasteiger partial charge in [-0.25, -0.2) is 0 Å². The van der Waals surface area contributed by atoms with E-state index in [1.807, 2.05) is 0 Å². The smallest absolute Gasteiger partial charge is 0.0776 e. The molecule has 0 saturated carbocycles. The van der Waals surface area contributed by atoms with Crippen molar-refractivity contribution in [1.29, 1.82) is 0 Å². The van der Waals surface area contributed by atoms with Gasteiger partial charge in [-0.1, -0.05) is 77.2 Å². The summed E-state index contributed by atoms with van der Waals surface area (Å²) in [6.07, 6.45) is 5.53. The number of benzene rings is 1. The highest BCUT2D eigenvalue weighted by Gasteiger charge is 2.15. The Morgan fingerprint density at radius 2 is 2.00 bits per heavy atom. The Morgan fingerprint density at radius 3 is 2.60 bits per heavy atom. The van der Waals surface area contributed by atoms with Crippen LogP contribution in [-0.2, 0) is 0 Å². The average molecular weight is 283 g/mol. The molecule has 15 heavy (non-hydrogen) atoms. The predicted molar refractivity (Wildman–Crippen MR) is 76.9 cm³/mol. The summed E-state index contributed by atoms with van der Waals surface area (Å²) in [5.74, 6) is 0. The maximum atomic E-state index is 3.42. The fourth-order valence-corrected chi connectivity index (χ4v) is 2.85. The maximum Gasteiger partial charge on any atom is 0.0776 e. The predicted octanol–water partition coefficient (Wildman–Crippen LogP) is 4.03. The van der Waals surface area contributed by atoms with Crippen LogP contribution in [0.25, 0.3) is 6.08 Å². The van der Waals surface area contributed by atoms with Crippen LogP contribution in [0, 0.1) is 0 Å². The van der Waals surface area contributed by atoms with Crippen molar-refractivity contribution in [2.75, 3.05) is 5.33 Å². The van der Waals surface area contributed by atoms with Crippen molar-refractivity contribution in [3.63, 3.8) is 0 Å². The molecule has 0 spiro atoms. The van der Waals surface area contributed by atoms with Gasteiger partial charge in [-0.3, -0.25) is 0 Å². The van der Waals surface area contributed by atoms with Crippen LogP contribution < -0.4 is 5.19 Å². The Balaban J connectivity index is 2.84. The average Bonchev–Trinajstić information content (AvgIpc) is 2.17. The molecule has 0 heterocycles. The van der Waals surface area contributed by atoms with Crippen LogP contribution in [0.4, 0.5) is 0 Å². The van der Waals surface area contributed by atoms with Gasteiger partial charge in [0, 0.05) is 5.33 Å². The minimum Gasteiger partial charge on any atom is -0.0925 e. The molecule has 0 amide bonds. The number of alkyl halides is 1. The van der Waals surface area contributed by atoms with E-state index in [0.717, 1.165) is 11.8 Å². The van der Waals surface area contributed by atoms with Gasteiger partial charge in [-0.2, -0.15) is 0 Å². The highest BCUT2D eigenvalue weighted by Crippen LogP contribution is 2.07. The van der Waals surface area contributed by atoms with Crippen LogP contribution in [0.5, 0.6) is 0 Å². The second kappa shape index (κ2) is 5.66. The fourth-order valence-electron chi connectivity index (χ4n) is 1.39. The van der Waals surface area contributed by atoms with E-state index < -0.39 is 8.07 Å². The monoisotopic (exact) mass is 282 g/mol. The van der Waals surface area contributed by atoms with Crippen LogP contribution in [0.2, 0.25) is 19.6 Å². The zero-order chi connectivity index (χ0) is 11.3. The van der Waals surface area contributed by atoms with E-state index in [1.165, 1.54) is 10.8 Å². The normalized spacial score (nSPS) is 12.3. The Kier molecular flexibility index (Phi) is 4.80. The Bertz CT molecular complexity index is 337. The fraction of sp³-hybridized carbons (Fsp3) is 0.385. The number of hydrogen-bond donors (Lipinski definition) is 0. The molecule has 0 nitrogen and oxygen atoms in total. The topological polar surface area (TPSA) is 0 Å². The summed E-state index contributed by atoms with van der Waals surface area (Å²) in [5, 5.41) is 2.57. The van der Waals surface area contributed by atoms with E-state index in [2.05, 4.69) is 72.0 Å². The van der Waals surface area contributed by atoms with Crippen LogP contribution in [0.1, 0.15) is 12.0 Å². The van der Waals surface area contributed by atoms with Gasteiger partial charge in [-0.05, 0) is 12.0 Å². The lowest BCUT2D eigenvalue weighted by molar-refractivity contribution is 1.27. The minimum atomic E-state index is -1.16. The number of rotatable bonds is 4. The molecule has 0 fully saturated rings. The Morgan fingerprint density at radius 1 is 1.27 bits per heavy atom. The molecule has 82 valence electrons. The zero-order valence-corrected chi connectivity index (χ0v) is 12.3. The van der Waals surface area contributed by atoms with Crippen LogP contribution >= 0.6 is 15.9 Å². The molecule has 1 rings (SSSR count). The second-order valence-electron chi connectivity index (χ2n) is 4.76. The summed E-state index contributed by atoms with van der Waals surface area (Å²) >= 11 is 3.42. The first-order chi connectivity index (χ1) is 7.04. The first kappa shape index (κ1) is 12.7. The van der Waals surface area contributed by atoms with Crippen LogP contribution in [-0.4, -0.2) is 13.4 Å². The largest absolute Gasteiger partial charge is 0.0925 e. The minimum absolute atomic E-state index is 1.04.